The molecule has 1 heterocycles. The van der Waals surface area contributed by atoms with Crippen LogP contribution in [0, 0.1) is 0 Å². The Kier molecular flexibility index (Phi) is 3.41. The molecule has 17 heavy (non-hydrogen) atoms. The van der Waals surface area contributed by atoms with Crippen LogP contribution in [-0.2, 0) is 14.3 Å². The van der Waals surface area contributed by atoms with Gasteiger partial charge in [0.2, 0.25) is 0 Å². The Morgan fingerprint density at radius 3 is 2.35 bits per heavy atom. The third kappa shape index (κ3) is 3.61. The maximum absolute atomic E-state index is 11.8. The molecule has 98 valence electrons. The number of rotatable bonds is 1. The number of nitrogens with zero attached hydrogens (tertiary/aromatic N) is 1. The highest BCUT2D eigenvalue weighted by molar-refractivity contribution is 5.83. The third-order valence-electron chi connectivity index (χ3n) is 2.48. The summed E-state index contributed by atoms with van der Waals surface area (Å²) in [6.45, 7) is 9.02. The third-order valence-corrected chi connectivity index (χ3v) is 2.48. The Hall–Kier alpha value is -1.26. The van der Waals surface area contributed by atoms with Gasteiger partial charge in [-0.1, -0.05) is 0 Å². The van der Waals surface area contributed by atoms with Crippen molar-refractivity contribution in [2.24, 2.45) is 0 Å². The molecule has 5 nitrogen and oxygen atoms in total. The maximum Gasteiger partial charge on any atom is 0.410 e. The number of hydrogen-bond acceptors (Lipinski definition) is 4. The van der Waals surface area contributed by atoms with E-state index in [2.05, 4.69) is 0 Å². The molecule has 5 heteroatoms. The van der Waals surface area contributed by atoms with Gasteiger partial charge in [0.05, 0.1) is 0 Å². The molecule has 0 aromatic heterocycles. The highest BCUT2D eigenvalue weighted by atomic mass is 16.6. The minimum atomic E-state index is -0.566. The molecule has 0 radical (unpaired) electrons. The van der Waals surface area contributed by atoms with E-state index in [0.717, 1.165) is 0 Å². The molecule has 0 saturated carbocycles. The maximum atomic E-state index is 11.8. The summed E-state index contributed by atoms with van der Waals surface area (Å²) in [6.07, 6.45) is -0.0150. The van der Waals surface area contributed by atoms with E-state index in [1.807, 2.05) is 13.8 Å². The van der Waals surface area contributed by atoms with Gasteiger partial charge in [0.1, 0.15) is 17.2 Å². The summed E-state index contributed by atoms with van der Waals surface area (Å²) in [4.78, 5) is 24.7. The molecule has 0 aromatic carbocycles. The fraction of sp³-hybridized carbons (Fsp3) is 0.833. The first-order valence-corrected chi connectivity index (χ1v) is 5.70. The molecule has 1 fully saturated rings. The van der Waals surface area contributed by atoms with E-state index in [1.54, 1.807) is 27.8 Å². The molecule has 0 N–H and O–H groups in total. The van der Waals surface area contributed by atoms with Crippen LogP contribution in [0.4, 0.5) is 4.79 Å². The van der Waals surface area contributed by atoms with E-state index in [1.165, 1.54) is 4.90 Å². The van der Waals surface area contributed by atoms with Crippen LogP contribution in [0.1, 0.15) is 41.0 Å². The minimum absolute atomic E-state index is 0.372. The standard InChI is InChI=1S/C12H21NO4/c1-11(2,3)17-10(15)13(6)8-7-12(4,5)16-9(8)14/h8H,7H2,1-6H3/t8-/m0/s1. The second-order valence-corrected chi connectivity index (χ2v) is 5.99. The van der Waals surface area contributed by atoms with Crippen molar-refractivity contribution < 1.29 is 19.1 Å². The molecule has 0 spiro atoms. The Morgan fingerprint density at radius 2 is 2.00 bits per heavy atom. The van der Waals surface area contributed by atoms with Gasteiger partial charge in [0.15, 0.2) is 0 Å². The number of likely N-dealkylation sites (N-methyl/N-ethyl adjacent to an activating group) is 1. The van der Waals surface area contributed by atoms with Crippen LogP contribution in [0.3, 0.4) is 0 Å². The van der Waals surface area contributed by atoms with Crippen LogP contribution in [0.5, 0.6) is 0 Å². The van der Waals surface area contributed by atoms with Crippen molar-refractivity contribution in [1.29, 1.82) is 0 Å². The molecule has 1 aliphatic rings. The molecule has 0 aromatic rings. The molecule has 1 rings (SSSR count). The van der Waals surface area contributed by atoms with E-state index >= 15 is 0 Å². The normalized spacial score (nSPS) is 23.2. The SMILES string of the molecule is CN(C(=O)OC(C)(C)C)[C@H]1CC(C)(C)OC1=O. The van der Waals surface area contributed by atoms with Crippen LogP contribution < -0.4 is 0 Å². The predicted molar refractivity (Wildman–Crippen MR) is 62.6 cm³/mol. The number of carbonyl (C=O) groups is 2. The average molecular weight is 243 g/mol. The first-order chi connectivity index (χ1) is 7.52. The Balaban J connectivity index is 2.68. The Bertz CT molecular complexity index is 330. The Morgan fingerprint density at radius 1 is 1.47 bits per heavy atom. The van der Waals surface area contributed by atoms with Crippen molar-refractivity contribution in [2.45, 2.75) is 58.3 Å². The fourth-order valence-corrected chi connectivity index (χ4v) is 1.69. The van der Waals surface area contributed by atoms with Crippen molar-refractivity contribution in [2.75, 3.05) is 7.05 Å². The summed E-state index contributed by atoms with van der Waals surface area (Å²) in [5.41, 5.74) is -1.08. The van der Waals surface area contributed by atoms with Gasteiger partial charge >= 0.3 is 12.1 Å². The van der Waals surface area contributed by atoms with Crippen molar-refractivity contribution in [3.05, 3.63) is 0 Å². The summed E-state index contributed by atoms with van der Waals surface area (Å²) in [5.74, 6) is -0.372. The summed E-state index contributed by atoms with van der Waals surface area (Å²) >= 11 is 0. The van der Waals surface area contributed by atoms with Crippen LogP contribution in [-0.4, -0.2) is 41.3 Å². The molecule has 0 aliphatic carbocycles. The van der Waals surface area contributed by atoms with Gasteiger partial charge in [-0.3, -0.25) is 4.90 Å². The minimum Gasteiger partial charge on any atom is -0.458 e. The smallest absolute Gasteiger partial charge is 0.410 e. The summed E-state index contributed by atoms with van der Waals surface area (Å²) < 4.78 is 10.4. The first-order valence-electron chi connectivity index (χ1n) is 5.70. The van der Waals surface area contributed by atoms with E-state index in [9.17, 15) is 9.59 Å². The highest BCUT2D eigenvalue weighted by Gasteiger charge is 2.44. The molecule has 0 unspecified atom stereocenters. The number of esters is 1. The Labute approximate surface area is 102 Å². The van der Waals surface area contributed by atoms with E-state index in [0.29, 0.717) is 6.42 Å². The van der Waals surface area contributed by atoms with E-state index < -0.39 is 23.3 Å². The van der Waals surface area contributed by atoms with Crippen LogP contribution in [0.2, 0.25) is 0 Å². The van der Waals surface area contributed by atoms with Gasteiger partial charge in [0.25, 0.3) is 0 Å². The highest BCUT2D eigenvalue weighted by Crippen LogP contribution is 2.29. The fourth-order valence-electron chi connectivity index (χ4n) is 1.69. The lowest BCUT2D eigenvalue weighted by Crippen LogP contribution is -2.43. The van der Waals surface area contributed by atoms with Crippen molar-refractivity contribution in [1.82, 2.24) is 4.90 Å². The van der Waals surface area contributed by atoms with Gasteiger partial charge in [-0.15, -0.1) is 0 Å². The zero-order valence-electron chi connectivity index (χ0n) is 11.4. The number of amides is 1. The van der Waals surface area contributed by atoms with Crippen LogP contribution in [0.15, 0.2) is 0 Å². The molecule has 1 aliphatic heterocycles. The summed E-state index contributed by atoms with van der Waals surface area (Å²) in [7, 11) is 1.56. The predicted octanol–water partition coefficient (Wildman–Crippen LogP) is 1.95. The quantitative estimate of drug-likeness (QED) is 0.660. The lowest BCUT2D eigenvalue weighted by molar-refractivity contribution is -0.148. The summed E-state index contributed by atoms with van der Waals surface area (Å²) in [6, 6.07) is -0.556. The van der Waals surface area contributed by atoms with Gasteiger partial charge in [-0.05, 0) is 34.6 Å². The molecular formula is C12H21NO4. The number of ether oxygens (including phenoxy) is 2. The molecular weight excluding hydrogens is 222 g/mol. The topological polar surface area (TPSA) is 55.8 Å². The molecule has 0 bridgehead atoms. The summed E-state index contributed by atoms with van der Waals surface area (Å²) in [5, 5.41) is 0. The number of hydrogen-bond donors (Lipinski definition) is 0. The lowest BCUT2D eigenvalue weighted by atomic mass is 10.0. The van der Waals surface area contributed by atoms with E-state index in [4.69, 9.17) is 9.47 Å². The number of cyclic esters (lactones) is 1. The van der Waals surface area contributed by atoms with Gasteiger partial charge in [-0.2, -0.15) is 0 Å². The van der Waals surface area contributed by atoms with E-state index in [-0.39, 0.29) is 5.97 Å². The van der Waals surface area contributed by atoms with Crippen LogP contribution in [0.25, 0.3) is 0 Å². The van der Waals surface area contributed by atoms with Crippen LogP contribution >= 0.6 is 0 Å². The lowest BCUT2D eigenvalue weighted by Gasteiger charge is -2.26. The van der Waals surface area contributed by atoms with Gasteiger partial charge in [-0.25, -0.2) is 9.59 Å². The molecule has 1 atom stereocenters. The van der Waals surface area contributed by atoms with Gasteiger partial charge < -0.3 is 9.47 Å². The molecule has 1 saturated heterocycles. The second-order valence-electron chi connectivity index (χ2n) is 5.99. The zero-order chi connectivity index (χ0) is 13.4. The molecule has 1 amide bonds. The van der Waals surface area contributed by atoms with Crippen molar-refractivity contribution in [3.8, 4) is 0 Å². The zero-order valence-corrected chi connectivity index (χ0v) is 11.4. The largest absolute Gasteiger partial charge is 0.458 e. The first kappa shape index (κ1) is 13.8. The van der Waals surface area contributed by atoms with Gasteiger partial charge in [0, 0.05) is 13.5 Å². The second kappa shape index (κ2) is 4.20. The monoisotopic (exact) mass is 243 g/mol. The van der Waals surface area contributed by atoms with Crippen molar-refractivity contribution in [3.63, 3.8) is 0 Å². The van der Waals surface area contributed by atoms with Crippen molar-refractivity contribution >= 4 is 12.1 Å². The number of carbonyl (C=O) groups excluding carboxylic acids is 2. The average Bonchev–Trinajstić information content (AvgIpc) is 2.35.